The first-order chi connectivity index (χ1) is 12.3. The second kappa shape index (κ2) is 7.41. The van der Waals surface area contributed by atoms with Crippen molar-refractivity contribution in [2.75, 3.05) is 16.2 Å². The molecule has 3 rings (SSSR count). The molecule has 0 aliphatic carbocycles. The minimum Gasteiger partial charge on any atom is -0.312 e. The van der Waals surface area contributed by atoms with Gasteiger partial charge in [0.2, 0.25) is 15.9 Å². The molecule has 1 saturated heterocycles. The number of benzene rings is 2. The van der Waals surface area contributed by atoms with Gasteiger partial charge in [-0.2, -0.15) is 0 Å². The Morgan fingerprint density at radius 1 is 1.04 bits per heavy atom. The van der Waals surface area contributed by atoms with Crippen LogP contribution in [0.3, 0.4) is 0 Å². The molecule has 138 valence electrons. The van der Waals surface area contributed by atoms with E-state index in [1.54, 1.807) is 17.0 Å². The zero-order valence-corrected chi connectivity index (χ0v) is 14.7. The van der Waals surface area contributed by atoms with Crippen LogP contribution in [0, 0.1) is 11.6 Å². The van der Waals surface area contributed by atoms with Crippen LogP contribution in [0.2, 0.25) is 0 Å². The number of anilines is 2. The van der Waals surface area contributed by atoms with E-state index in [1.807, 2.05) is 0 Å². The van der Waals surface area contributed by atoms with Gasteiger partial charge in [-0.25, -0.2) is 17.2 Å². The highest BCUT2D eigenvalue weighted by Gasteiger charge is 2.20. The van der Waals surface area contributed by atoms with Crippen LogP contribution >= 0.6 is 0 Å². The van der Waals surface area contributed by atoms with Crippen molar-refractivity contribution in [1.82, 2.24) is 0 Å². The lowest BCUT2D eigenvalue weighted by atomic mass is 10.1. The highest BCUT2D eigenvalue weighted by molar-refractivity contribution is 7.91. The zero-order valence-electron chi connectivity index (χ0n) is 13.9. The molecule has 8 heteroatoms. The summed E-state index contributed by atoms with van der Waals surface area (Å²) in [6.07, 6.45) is 2.32. The molecule has 0 atom stereocenters. The second-order valence-electron chi connectivity index (χ2n) is 6.15. The predicted molar refractivity (Wildman–Crippen MR) is 95.3 cm³/mol. The van der Waals surface area contributed by atoms with Crippen LogP contribution in [0.4, 0.5) is 20.2 Å². The van der Waals surface area contributed by atoms with E-state index in [0.717, 1.165) is 31.0 Å². The Hall–Kier alpha value is -2.48. The Morgan fingerprint density at radius 3 is 2.46 bits per heavy atom. The van der Waals surface area contributed by atoms with Crippen molar-refractivity contribution in [3.63, 3.8) is 0 Å². The number of halogens is 2. The average molecular weight is 380 g/mol. The van der Waals surface area contributed by atoms with E-state index >= 15 is 0 Å². The monoisotopic (exact) mass is 380 g/mol. The maximum absolute atomic E-state index is 13.6. The average Bonchev–Trinajstić information content (AvgIpc) is 2.59. The molecule has 1 heterocycles. The third-order valence-electron chi connectivity index (χ3n) is 4.13. The summed E-state index contributed by atoms with van der Waals surface area (Å²) in [5, 5.41) is 0. The van der Waals surface area contributed by atoms with Crippen molar-refractivity contribution in [2.24, 2.45) is 0 Å². The first kappa shape index (κ1) is 18.3. The quantitative estimate of drug-likeness (QED) is 0.864. The zero-order chi connectivity index (χ0) is 18.7. The van der Waals surface area contributed by atoms with Crippen molar-refractivity contribution in [1.29, 1.82) is 0 Å². The fraction of sp³-hybridized carbons (Fsp3) is 0.278. The summed E-state index contributed by atoms with van der Waals surface area (Å²) in [6.45, 7) is 0.642. The minimum atomic E-state index is -3.91. The summed E-state index contributed by atoms with van der Waals surface area (Å²) in [5.41, 5.74) is 0.747. The highest BCUT2D eigenvalue weighted by atomic mass is 32.2. The number of nitrogens with one attached hydrogen (secondary N) is 1. The fourth-order valence-electron chi connectivity index (χ4n) is 2.86. The van der Waals surface area contributed by atoms with Crippen LogP contribution < -0.4 is 9.62 Å². The van der Waals surface area contributed by atoms with E-state index in [-0.39, 0.29) is 17.2 Å². The molecule has 0 radical (unpaired) electrons. The first-order valence-electron chi connectivity index (χ1n) is 8.19. The summed E-state index contributed by atoms with van der Waals surface area (Å²) >= 11 is 0. The SMILES string of the molecule is O=C1CCCCN1c1ccc(NS(=O)(=O)Cc2cc(F)ccc2F)cc1. The van der Waals surface area contributed by atoms with E-state index in [0.29, 0.717) is 18.7 Å². The number of hydrogen-bond acceptors (Lipinski definition) is 3. The molecule has 0 unspecified atom stereocenters. The van der Waals surface area contributed by atoms with Gasteiger partial charge in [0.25, 0.3) is 0 Å². The summed E-state index contributed by atoms with van der Waals surface area (Å²) < 4.78 is 53.6. The summed E-state index contributed by atoms with van der Waals surface area (Å²) in [7, 11) is -3.91. The third-order valence-corrected chi connectivity index (χ3v) is 5.37. The van der Waals surface area contributed by atoms with Crippen LogP contribution in [-0.4, -0.2) is 20.9 Å². The molecule has 1 fully saturated rings. The van der Waals surface area contributed by atoms with Crippen molar-refractivity contribution < 1.29 is 22.0 Å². The Morgan fingerprint density at radius 2 is 1.77 bits per heavy atom. The molecule has 0 spiro atoms. The molecule has 26 heavy (non-hydrogen) atoms. The maximum atomic E-state index is 13.6. The van der Waals surface area contributed by atoms with E-state index in [9.17, 15) is 22.0 Å². The lowest BCUT2D eigenvalue weighted by Gasteiger charge is -2.26. The standard InChI is InChI=1S/C18H18F2N2O3S/c19-14-4-9-17(20)13(11-14)12-26(24,25)21-15-5-7-16(8-6-15)22-10-2-1-3-18(22)23/h4-9,11,21H,1-3,10,12H2. The van der Waals surface area contributed by atoms with E-state index in [4.69, 9.17) is 0 Å². The molecule has 1 aliphatic rings. The molecule has 1 amide bonds. The lowest BCUT2D eigenvalue weighted by molar-refractivity contribution is -0.119. The second-order valence-corrected chi connectivity index (χ2v) is 7.87. The van der Waals surface area contributed by atoms with E-state index in [2.05, 4.69) is 4.72 Å². The molecule has 2 aromatic carbocycles. The van der Waals surface area contributed by atoms with Crippen molar-refractivity contribution >= 4 is 27.3 Å². The van der Waals surface area contributed by atoms with Crippen LogP contribution in [0.15, 0.2) is 42.5 Å². The highest BCUT2D eigenvalue weighted by Crippen LogP contribution is 2.23. The molecule has 5 nitrogen and oxygen atoms in total. The molecule has 1 aliphatic heterocycles. The number of amides is 1. The molecule has 2 aromatic rings. The van der Waals surface area contributed by atoms with Gasteiger partial charge in [-0.1, -0.05) is 0 Å². The van der Waals surface area contributed by atoms with E-state index in [1.165, 1.54) is 12.1 Å². The van der Waals surface area contributed by atoms with Crippen LogP contribution in [-0.2, 0) is 20.6 Å². The lowest BCUT2D eigenvalue weighted by Crippen LogP contribution is -2.35. The number of hydrogen-bond donors (Lipinski definition) is 1. The summed E-state index contributed by atoms with van der Waals surface area (Å²) in [4.78, 5) is 13.6. The summed E-state index contributed by atoms with van der Waals surface area (Å²) in [6, 6.07) is 9.07. The molecule has 1 N–H and O–H groups in total. The fourth-order valence-corrected chi connectivity index (χ4v) is 4.06. The van der Waals surface area contributed by atoms with Gasteiger partial charge >= 0.3 is 0 Å². The molecule has 0 aromatic heterocycles. The molecular weight excluding hydrogens is 362 g/mol. The largest absolute Gasteiger partial charge is 0.312 e. The van der Waals surface area contributed by atoms with Gasteiger partial charge in [0.1, 0.15) is 11.6 Å². The van der Waals surface area contributed by atoms with Gasteiger partial charge in [0.15, 0.2) is 0 Å². The number of rotatable bonds is 5. The van der Waals surface area contributed by atoms with Crippen LogP contribution in [0.1, 0.15) is 24.8 Å². The van der Waals surface area contributed by atoms with E-state index < -0.39 is 27.4 Å². The van der Waals surface area contributed by atoms with Crippen LogP contribution in [0.25, 0.3) is 0 Å². The summed E-state index contributed by atoms with van der Waals surface area (Å²) in [5.74, 6) is -2.11. The predicted octanol–water partition coefficient (Wildman–Crippen LogP) is 3.42. The molecule has 0 saturated carbocycles. The topological polar surface area (TPSA) is 66.5 Å². The smallest absolute Gasteiger partial charge is 0.237 e. The minimum absolute atomic E-state index is 0.0474. The van der Waals surface area contributed by atoms with Crippen molar-refractivity contribution in [3.05, 3.63) is 59.7 Å². The maximum Gasteiger partial charge on any atom is 0.237 e. The number of carbonyl (C=O) groups is 1. The Bertz CT molecular complexity index is 915. The number of sulfonamides is 1. The van der Waals surface area contributed by atoms with Crippen LogP contribution in [0.5, 0.6) is 0 Å². The number of nitrogens with zero attached hydrogens (tertiary/aromatic N) is 1. The Kier molecular flexibility index (Phi) is 5.22. The van der Waals surface area contributed by atoms with Gasteiger partial charge in [-0.05, 0) is 55.3 Å². The van der Waals surface area contributed by atoms with Gasteiger partial charge in [-0.3, -0.25) is 9.52 Å². The van der Waals surface area contributed by atoms with Gasteiger partial charge in [0.05, 0.1) is 5.75 Å². The third kappa shape index (κ3) is 4.37. The normalized spacial score (nSPS) is 15.2. The number of carbonyl (C=O) groups excluding carboxylic acids is 1. The molecule has 0 bridgehead atoms. The molecular formula is C18H18F2N2O3S. The Balaban J connectivity index is 1.71. The van der Waals surface area contributed by atoms with Gasteiger partial charge in [0, 0.05) is 29.9 Å². The van der Waals surface area contributed by atoms with Crippen molar-refractivity contribution in [3.8, 4) is 0 Å². The first-order valence-corrected chi connectivity index (χ1v) is 9.84. The van der Waals surface area contributed by atoms with Gasteiger partial charge < -0.3 is 4.90 Å². The van der Waals surface area contributed by atoms with Crippen molar-refractivity contribution in [2.45, 2.75) is 25.0 Å². The Labute approximate surface area is 150 Å². The van der Waals surface area contributed by atoms with Gasteiger partial charge in [-0.15, -0.1) is 0 Å². The number of piperidine rings is 1.